The van der Waals surface area contributed by atoms with Gasteiger partial charge < -0.3 is 14.5 Å². The molecule has 0 N–H and O–H groups in total. The van der Waals surface area contributed by atoms with E-state index in [9.17, 15) is 14.0 Å². The van der Waals surface area contributed by atoms with Crippen molar-refractivity contribution in [3.8, 4) is 0 Å². The Labute approximate surface area is 157 Å². The van der Waals surface area contributed by atoms with Crippen LogP contribution < -0.4 is 4.90 Å². The van der Waals surface area contributed by atoms with Crippen molar-refractivity contribution in [1.29, 1.82) is 0 Å². The normalized spacial score (nSPS) is 14.7. The van der Waals surface area contributed by atoms with Gasteiger partial charge in [-0.15, -0.1) is 0 Å². The van der Waals surface area contributed by atoms with Gasteiger partial charge in [-0.05, 0) is 50.1 Å². The predicted octanol–water partition coefficient (Wildman–Crippen LogP) is 2.77. The second-order valence-electron chi connectivity index (χ2n) is 6.51. The lowest BCUT2D eigenvalue weighted by molar-refractivity contribution is -0.124. The Bertz CT molecular complexity index is 807. The largest absolute Gasteiger partial charge is 0.441 e. The van der Waals surface area contributed by atoms with Gasteiger partial charge >= 0.3 is 5.97 Å². The maximum Gasteiger partial charge on any atom is 0.341 e. The number of ether oxygens (including phenoxy) is 1. The number of carbonyl (C=O) groups is 2. The number of hydrogen-bond acceptors (Lipinski definition) is 5. The van der Waals surface area contributed by atoms with Crippen molar-refractivity contribution in [1.82, 2.24) is 9.88 Å². The molecule has 1 saturated heterocycles. The molecule has 142 valence electrons. The van der Waals surface area contributed by atoms with Crippen LogP contribution in [-0.2, 0) is 9.53 Å². The number of rotatable bonds is 6. The fraction of sp³-hybridized carbons (Fsp3) is 0.350. The first-order chi connectivity index (χ1) is 13.1. The van der Waals surface area contributed by atoms with Crippen LogP contribution >= 0.6 is 0 Å². The molecule has 27 heavy (non-hydrogen) atoms. The fourth-order valence-electron chi connectivity index (χ4n) is 3.26. The summed E-state index contributed by atoms with van der Waals surface area (Å²) < 4.78 is 18.7. The number of halogens is 1. The highest BCUT2D eigenvalue weighted by atomic mass is 19.1. The zero-order valence-electron chi connectivity index (χ0n) is 15.2. The van der Waals surface area contributed by atoms with E-state index in [4.69, 9.17) is 4.74 Å². The smallest absolute Gasteiger partial charge is 0.341 e. The van der Waals surface area contributed by atoms with E-state index in [1.54, 1.807) is 31.3 Å². The van der Waals surface area contributed by atoms with Gasteiger partial charge in [0.15, 0.2) is 6.73 Å². The molecule has 2 aromatic rings. The first-order valence-electron chi connectivity index (χ1n) is 8.89. The maximum absolute atomic E-state index is 13.4. The van der Waals surface area contributed by atoms with E-state index >= 15 is 0 Å². The molecule has 0 saturated carbocycles. The number of carbonyl (C=O) groups excluding carboxylic acids is 2. The maximum atomic E-state index is 13.4. The van der Waals surface area contributed by atoms with Gasteiger partial charge in [-0.3, -0.25) is 9.78 Å². The molecule has 2 heterocycles. The van der Waals surface area contributed by atoms with Gasteiger partial charge in [0, 0.05) is 31.0 Å². The lowest BCUT2D eigenvalue weighted by atomic mass is 10.0. The van der Waals surface area contributed by atoms with E-state index in [0.29, 0.717) is 30.8 Å². The molecular formula is C20H22FN3O3. The summed E-state index contributed by atoms with van der Waals surface area (Å²) in [5.74, 6) is -0.758. The van der Waals surface area contributed by atoms with Crippen LogP contribution in [0.25, 0.3) is 0 Å². The quantitative estimate of drug-likeness (QED) is 0.444. The summed E-state index contributed by atoms with van der Waals surface area (Å²) in [5, 5.41) is 0. The molecule has 0 spiro atoms. The summed E-state index contributed by atoms with van der Waals surface area (Å²) >= 11 is 0. The molecule has 1 aliphatic rings. The minimum absolute atomic E-state index is 0.0184. The topological polar surface area (TPSA) is 62.7 Å². The van der Waals surface area contributed by atoms with Gasteiger partial charge in [-0.1, -0.05) is 6.07 Å². The number of anilines is 1. The van der Waals surface area contributed by atoms with Crippen molar-refractivity contribution < 1.29 is 18.7 Å². The van der Waals surface area contributed by atoms with Crippen LogP contribution in [0.15, 0.2) is 42.6 Å². The average Bonchev–Trinajstić information content (AvgIpc) is 2.69. The lowest BCUT2D eigenvalue weighted by Crippen LogP contribution is -2.45. The average molecular weight is 371 g/mol. The van der Waals surface area contributed by atoms with Crippen LogP contribution in [-0.4, -0.2) is 48.1 Å². The molecule has 1 aromatic carbocycles. The van der Waals surface area contributed by atoms with Crippen LogP contribution in [0.2, 0.25) is 0 Å². The van der Waals surface area contributed by atoms with Gasteiger partial charge in [-0.2, -0.15) is 0 Å². The highest BCUT2D eigenvalue weighted by molar-refractivity contribution is 5.90. The number of piperidine rings is 1. The zero-order valence-corrected chi connectivity index (χ0v) is 15.2. The Hall–Kier alpha value is -2.96. The summed E-state index contributed by atoms with van der Waals surface area (Å²) in [6, 6.07) is 9.79. The first-order valence-corrected chi connectivity index (χ1v) is 8.89. The number of benzene rings is 1. The van der Waals surface area contributed by atoms with Crippen molar-refractivity contribution in [2.75, 3.05) is 24.7 Å². The number of pyridine rings is 1. The molecule has 1 amide bonds. The molecular weight excluding hydrogens is 349 g/mol. The van der Waals surface area contributed by atoms with Gasteiger partial charge in [0.2, 0.25) is 6.41 Å². The number of aryl methyl sites for hydroxylation is 1. The summed E-state index contributed by atoms with van der Waals surface area (Å²) in [7, 11) is 0. The number of hydrogen-bond donors (Lipinski definition) is 0. The molecule has 1 fully saturated rings. The van der Waals surface area contributed by atoms with Gasteiger partial charge in [0.1, 0.15) is 5.82 Å². The van der Waals surface area contributed by atoms with Gasteiger partial charge in [0.25, 0.3) is 0 Å². The Morgan fingerprint density at radius 1 is 1.33 bits per heavy atom. The van der Waals surface area contributed by atoms with Crippen LogP contribution in [0.4, 0.5) is 10.1 Å². The summed E-state index contributed by atoms with van der Waals surface area (Å²) in [6.07, 6.45) is 3.76. The highest BCUT2D eigenvalue weighted by Crippen LogP contribution is 2.23. The second kappa shape index (κ2) is 8.62. The lowest BCUT2D eigenvalue weighted by Gasteiger charge is -2.37. The number of esters is 1. The van der Waals surface area contributed by atoms with E-state index in [1.807, 2.05) is 6.07 Å². The summed E-state index contributed by atoms with van der Waals surface area (Å²) in [6.45, 7) is 3.04. The number of nitrogens with zero attached hydrogens (tertiary/aromatic N) is 3. The Kier molecular flexibility index (Phi) is 6.01. The van der Waals surface area contributed by atoms with Crippen molar-refractivity contribution in [2.45, 2.75) is 25.8 Å². The van der Waals surface area contributed by atoms with Gasteiger partial charge in [-0.25, -0.2) is 9.18 Å². The third-order valence-electron chi connectivity index (χ3n) is 4.81. The summed E-state index contributed by atoms with van der Waals surface area (Å²) in [4.78, 5) is 31.3. The number of aromatic nitrogens is 1. The van der Waals surface area contributed by atoms with E-state index in [0.717, 1.165) is 18.5 Å². The molecule has 3 rings (SSSR count). The van der Waals surface area contributed by atoms with Gasteiger partial charge in [0.05, 0.1) is 11.3 Å². The van der Waals surface area contributed by atoms with Crippen LogP contribution in [0.3, 0.4) is 0 Å². The standard InChI is InChI=1S/C20H22FN3O3/c1-15-19(6-3-9-22-15)20(26)27-14-24(13-25)17-7-10-23(11-8-17)18-5-2-4-16(21)12-18/h2-6,9,12-13,17H,7-8,10-11,14H2,1H3. The molecule has 6 nitrogen and oxygen atoms in total. The molecule has 0 bridgehead atoms. The van der Waals surface area contributed by atoms with E-state index < -0.39 is 5.97 Å². The predicted molar refractivity (Wildman–Crippen MR) is 98.8 cm³/mol. The first kappa shape index (κ1) is 18.8. The van der Waals surface area contributed by atoms with Crippen molar-refractivity contribution in [2.24, 2.45) is 0 Å². The Balaban J connectivity index is 1.54. The Morgan fingerprint density at radius 2 is 2.11 bits per heavy atom. The summed E-state index contributed by atoms with van der Waals surface area (Å²) in [5.41, 5.74) is 1.82. The van der Waals surface area contributed by atoms with Crippen molar-refractivity contribution in [3.05, 3.63) is 59.7 Å². The highest BCUT2D eigenvalue weighted by Gasteiger charge is 2.25. The molecule has 1 aromatic heterocycles. The molecule has 1 aliphatic heterocycles. The number of amides is 1. The third-order valence-corrected chi connectivity index (χ3v) is 4.81. The van der Waals surface area contributed by atoms with Crippen LogP contribution in [0.1, 0.15) is 28.9 Å². The van der Waals surface area contributed by atoms with E-state index in [1.165, 1.54) is 17.0 Å². The van der Waals surface area contributed by atoms with Crippen molar-refractivity contribution >= 4 is 18.1 Å². The minimum atomic E-state index is -0.496. The van der Waals surface area contributed by atoms with E-state index in [2.05, 4.69) is 9.88 Å². The zero-order chi connectivity index (χ0) is 19.2. The molecule has 0 aliphatic carbocycles. The monoisotopic (exact) mass is 371 g/mol. The second-order valence-corrected chi connectivity index (χ2v) is 6.51. The third kappa shape index (κ3) is 4.61. The van der Waals surface area contributed by atoms with Crippen LogP contribution in [0, 0.1) is 12.7 Å². The van der Waals surface area contributed by atoms with E-state index in [-0.39, 0.29) is 18.6 Å². The fourth-order valence-corrected chi connectivity index (χ4v) is 3.26. The Morgan fingerprint density at radius 3 is 2.78 bits per heavy atom. The van der Waals surface area contributed by atoms with Crippen molar-refractivity contribution in [3.63, 3.8) is 0 Å². The van der Waals surface area contributed by atoms with Crippen LogP contribution in [0.5, 0.6) is 0 Å². The molecule has 0 atom stereocenters. The molecule has 0 radical (unpaired) electrons. The molecule has 7 heteroatoms. The SMILES string of the molecule is Cc1ncccc1C(=O)OCN(C=O)C1CCN(c2cccc(F)c2)CC1. The molecule has 0 unspecified atom stereocenters. The minimum Gasteiger partial charge on any atom is -0.441 e.